The van der Waals surface area contributed by atoms with Crippen LogP contribution in [0, 0.1) is 0 Å². The third kappa shape index (κ3) is 3.25. The molecule has 3 heteroatoms. The molecule has 1 aliphatic rings. The van der Waals surface area contributed by atoms with Crippen LogP contribution < -0.4 is 0 Å². The minimum absolute atomic E-state index is 0.467. The summed E-state index contributed by atoms with van der Waals surface area (Å²) in [5, 5.41) is 0. The van der Waals surface area contributed by atoms with E-state index in [0.29, 0.717) is 12.1 Å². The normalized spacial score (nSPS) is 27.0. The highest BCUT2D eigenvalue weighted by atomic mass is 16.5. The van der Waals surface area contributed by atoms with Crippen LogP contribution in [0.4, 0.5) is 0 Å². The fourth-order valence-electron chi connectivity index (χ4n) is 1.69. The molecule has 13 heavy (non-hydrogen) atoms. The molecule has 3 nitrogen and oxygen atoms in total. The van der Waals surface area contributed by atoms with Gasteiger partial charge in [-0.15, -0.1) is 0 Å². The lowest BCUT2D eigenvalue weighted by atomic mass is 10.3. The predicted molar refractivity (Wildman–Crippen MR) is 55.0 cm³/mol. The lowest BCUT2D eigenvalue weighted by Crippen LogP contribution is -2.37. The smallest absolute Gasteiger partial charge is 0.0710 e. The molecule has 1 fully saturated rings. The lowest BCUT2D eigenvalue weighted by molar-refractivity contribution is 0.104. The fraction of sp³-hybridized carbons (Fsp3) is 1.00. The quantitative estimate of drug-likeness (QED) is 0.641. The van der Waals surface area contributed by atoms with Gasteiger partial charge in [0, 0.05) is 32.8 Å². The van der Waals surface area contributed by atoms with Crippen molar-refractivity contribution in [2.75, 3.05) is 40.8 Å². The number of hydrogen-bond acceptors (Lipinski definition) is 3. The van der Waals surface area contributed by atoms with E-state index in [2.05, 4.69) is 30.8 Å². The maximum absolute atomic E-state index is 5.33. The van der Waals surface area contributed by atoms with Crippen LogP contribution in [0.2, 0.25) is 0 Å². The highest BCUT2D eigenvalue weighted by Crippen LogP contribution is 2.12. The Bertz CT molecular complexity index is 150. The number of nitrogens with zero attached hydrogens (tertiary/aromatic N) is 2. The van der Waals surface area contributed by atoms with Gasteiger partial charge in [-0.2, -0.15) is 0 Å². The maximum atomic E-state index is 5.33. The van der Waals surface area contributed by atoms with Crippen LogP contribution in [0.1, 0.15) is 13.3 Å². The molecular formula is C10H22N2O. The second kappa shape index (κ2) is 4.94. The molecule has 0 aromatic rings. The van der Waals surface area contributed by atoms with Gasteiger partial charge < -0.3 is 9.64 Å². The average molecular weight is 186 g/mol. The summed E-state index contributed by atoms with van der Waals surface area (Å²) in [4.78, 5) is 4.75. The molecule has 2 atom stereocenters. The Balaban J connectivity index is 2.23. The van der Waals surface area contributed by atoms with E-state index in [4.69, 9.17) is 4.74 Å². The lowest BCUT2D eigenvalue weighted by Gasteiger charge is -2.25. The van der Waals surface area contributed by atoms with Crippen molar-refractivity contribution in [3.8, 4) is 0 Å². The second-order valence-electron chi connectivity index (χ2n) is 4.22. The van der Waals surface area contributed by atoms with Gasteiger partial charge in [0.2, 0.25) is 0 Å². The molecule has 1 heterocycles. The van der Waals surface area contributed by atoms with Crippen molar-refractivity contribution in [2.45, 2.75) is 25.5 Å². The number of likely N-dealkylation sites (N-methyl/N-ethyl adjacent to an activating group) is 1. The summed E-state index contributed by atoms with van der Waals surface area (Å²) in [5.41, 5.74) is 0. The van der Waals surface area contributed by atoms with Gasteiger partial charge in [-0.1, -0.05) is 0 Å². The molecule has 2 unspecified atom stereocenters. The molecule has 0 amide bonds. The molecular weight excluding hydrogens is 164 g/mol. The summed E-state index contributed by atoms with van der Waals surface area (Å²) in [6.45, 7) is 5.72. The first kappa shape index (κ1) is 11.0. The number of likely N-dealkylation sites (tertiary alicyclic amines) is 1. The highest BCUT2D eigenvalue weighted by molar-refractivity contribution is 4.78. The molecule has 0 radical (unpaired) electrons. The Hall–Kier alpha value is -0.120. The average Bonchev–Trinajstić information content (AvgIpc) is 2.52. The Labute approximate surface area is 81.7 Å². The van der Waals surface area contributed by atoms with Crippen molar-refractivity contribution in [3.05, 3.63) is 0 Å². The van der Waals surface area contributed by atoms with E-state index < -0.39 is 0 Å². The molecule has 0 N–H and O–H groups in total. The molecule has 0 spiro atoms. The van der Waals surface area contributed by atoms with Gasteiger partial charge >= 0.3 is 0 Å². The van der Waals surface area contributed by atoms with Crippen molar-refractivity contribution < 1.29 is 4.74 Å². The second-order valence-corrected chi connectivity index (χ2v) is 4.22. The zero-order chi connectivity index (χ0) is 9.84. The largest absolute Gasteiger partial charge is 0.380 e. The molecule has 1 rings (SSSR count). The zero-order valence-electron chi connectivity index (χ0n) is 9.29. The van der Waals surface area contributed by atoms with E-state index in [1.807, 2.05) is 7.11 Å². The number of methoxy groups -OCH3 is 1. The van der Waals surface area contributed by atoms with E-state index >= 15 is 0 Å². The van der Waals surface area contributed by atoms with Gasteiger partial charge in [-0.25, -0.2) is 0 Å². The van der Waals surface area contributed by atoms with Crippen LogP contribution in [-0.2, 0) is 4.74 Å². The van der Waals surface area contributed by atoms with Gasteiger partial charge in [0.25, 0.3) is 0 Å². The van der Waals surface area contributed by atoms with Gasteiger partial charge in [0.1, 0.15) is 0 Å². The zero-order valence-corrected chi connectivity index (χ0v) is 9.29. The van der Waals surface area contributed by atoms with Crippen LogP contribution in [-0.4, -0.2) is 62.8 Å². The summed E-state index contributed by atoms with van der Waals surface area (Å²) in [6.07, 6.45) is 1.66. The summed E-state index contributed by atoms with van der Waals surface area (Å²) in [7, 11) is 6.08. The fourth-order valence-corrected chi connectivity index (χ4v) is 1.69. The Kier molecular flexibility index (Phi) is 4.16. The van der Waals surface area contributed by atoms with Crippen molar-refractivity contribution in [2.24, 2.45) is 0 Å². The van der Waals surface area contributed by atoms with Gasteiger partial charge in [-0.05, 0) is 27.4 Å². The summed E-state index contributed by atoms with van der Waals surface area (Å²) < 4.78 is 5.33. The monoisotopic (exact) mass is 186 g/mol. The van der Waals surface area contributed by atoms with Gasteiger partial charge in [0.05, 0.1) is 6.10 Å². The first-order valence-electron chi connectivity index (χ1n) is 5.05. The van der Waals surface area contributed by atoms with E-state index in [1.54, 1.807) is 0 Å². The van der Waals surface area contributed by atoms with E-state index in [1.165, 1.54) is 13.0 Å². The Morgan fingerprint density at radius 3 is 2.69 bits per heavy atom. The molecule has 1 saturated heterocycles. The summed E-state index contributed by atoms with van der Waals surface area (Å²) in [5.74, 6) is 0. The van der Waals surface area contributed by atoms with Gasteiger partial charge in [0.15, 0.2) is 0 Å². The van der Waals surface area contributed by atoms with E-state index in [-0.39, 0.29) is 0 Å². The van der Waals surface area contributed by atoms with Crippen molar-refractivity contribution in [1.82, 2.24) is 9.80 Å². The molecule has 0 aliphatic carbocycles. The molecule has 0 aromatic heterocycles. The number of ether oxygens (including phenoxy) is 1. The van der Waals surface area contributed by atoms with Gasteiger partial charge in [-0.3, -0.25) is 4.90 Å². The third-order valence-corrected chi connectivity index (χ3v) is 2.97. The summed E-state index contributed by atoms with van der Waals surface area (Å²) in [6, 6.07) is 0.635. The molecule has 0 saturated carbocycles. The SMILES string of the molecule is COC1CCN(CC(C)N(C)C)C1. The maximum Gasteiger partial charge on any atom is 0.0710 e. The van der Waals surface area contributed by atoms with Crippen LogP contribution in [0.15, 0.2) is 0 Å². The Morgan fingerprint density at radius 1 is 1.54 bits per heavy atom. The van der Waals surface area contributed by atoms with E-state index in [9.17, 15) is 0 Å². The highest BCUT2D eigenvalue weighted by Gasteiger charge is 2.23. The molecule has 0 bridgehead atoms. The molecule has 1 aliphatic heterocycles. The Morgan fingerprint density at radius 2 is 2.23 bits per heavy atom. The van der Waals surface area contributed by atoms with Crippen molar-refractivity contribution >= 4 is 0 Å². The topological polar surface area (TPSA) is 15.7 Å². The first-order chi connectivity index (χ1) is 6.13. The first-order valence-corrected chi connectivity index (χ1v) is 5.05. The predicted octanol–water partition coefficient (Wildman–Crippen LogP) is 0.657. The third-order valence-electron chi connectivity index (χ3n) is 2.97. The van der Waals surface area contributed by atoms with Crippen LogP contribution in [0.3, 0.4) is 0 Å². The molecule has 78 valence electrons. The number of rotatable bonds is 4. The minimum Gasteiger partial charge on any atom is -0.380 e. The summed E-state index contributed by atoms with van der Waals surface area (Å²) >= 11 is 0. The molecule has 0 aromatic carbocycles. The van der Waals surface area contributed by atoms with Crippen molar-refractivity contribution in [1.29, 1.82) is 0 Å². The van der Waals surface area contributed by atoms with Crippen LogP contribution in [0.5, 0.6) is 0 Å². The van der Waals surface area contributed by atoms with E-state index in [0.717, 1.165) is 13.1 Å². The van der Waals surface area contributed by atoms with Crippen LogP contribution in [0.25, 0.3) is 0 Å². The minimum atomic E-state index is 0.467. The standard InChI is InChI=1S/C10H22N2O/c1-9(11(2)3)7-12-6-5-10(8-12)13-4/h9-10H,5-8H2,1-4H3. The number of hydrogen-bond donors (Lipinski definition) is 0. The van der Waals surface area contributed by atoms with Crippen LogP contribution >= 0.6 is 0 Å². The van der Waals surface area contributed by atoms with Crippen molar-refractivity contribution in [3.63, 3.8) is 0 Å².